The zero-order valence-corrected chi connectivity index (χ0v) is 16.4. The Hall–Kier alpha value is -0.0631. The van der Waals surface area contributed by atoms with Gasteiger partial charge in [0, 0.05) is 39.5 Å². The summed E-state index contributed by atoms with van der Waals surface area (Å²) >= 11 is 0. The van der Waals surface area contributed by atoms with Gasteiger partial charge in [0.15, 0.2) is 5.79 Å². The molecule has 0 atom stereocenters. The van der Waals surface area contributed by atoms with Crippen molar-refractivity contribution in [2.24, 2.45) is 5.73 Å². The summed E-state index contributed by atoms with van der Waals surface area (Å²) in [7, 11) is -3.19. The average Bonchev–Trinajstić information content (AvgIpc) is 2.52. The molecule has 0 aliphatic carbocycles. The maximum absolute atomic E-state index is 6.00. The van der Waals surface area contributed by atoms with Gasteiger partial charge in [0.25, 0.3) is 0 Å². The van der Waals surface area contributed by atoms with Gasteiger partial charge in [0.2, 0.25) is 0 Å². The van der Waals surface area contributed by atoms with Crippen LogP contribution in [0.25, 0.3) is 0 Å². The van der Waals surface area contributed by atoms with Crippen LogP contribution in [0.3, 0.4) is 0 Å². The van der Waals surface area contributed by atoms with E-state index < -0.39 is 14.8 Å². The van der Waals surface area contributed by atoms with Gasteiger partial charge in [-0.3, -0.25) is 0 Å². The van der Waals surface area contributed by atoms with E-state index in [1.54, 1.807) is 0 Å². The molecule has 8 heteroatoms. The molecule has 0 spiro atoms. The molecule has 0 radical (unpaired) electrons. The highest BCUT2D eigenvalue weighted by molar-refractivity contribution is 6.53. The summed E-state index contributed by atoms with van der Waals surface area (Å²) in [5.41, 5.74) is 5.64. The van der Waals surface area contributed by atoms with Gasteiger partial charge in [0.1, 0.15) is 0 Å². The lowest BCUT2D eigenvalue weighted by molar-refractivity contribution is -0.259. The molecule has 7 nitrogen and oxygen atoms in total. The highest BCUT2D eigenvalue weighted by atomic mass is 28.4. The number of hydrogen-bond donors (Lipinski definition) is 1. The summed E-state index contributed by atoms with van der Waals surface area (Å²) in [5.74, 6) is -0.855. The third-order valence-corrected chi connectivity index (χ3v) is 5.43. The largest absolute Gasteiger partial charge is 0.679 e. The van der Waals surface area contributed by atoms with E-state index in [1.165, 1.54) is 0 Å². The van der Waals surface area contributed by atoms with Crippen LogP contribution in [0.2, 0.25) is 0 Å². The van der Waals surface area contributed by atoms with Crippen molar-refractivity contribution in [2.45, 2.75) is 53.2 Å². The first-order valence-electron chi connectivity index (χ1n) is 8.61. The van der Waals surface area contributed by atoms with Gasteiger partial charge in [-0.15, -0.1) is 0 Å². The third kappa shape index (κ3) is 8.55. The second kappa shape index (κ2) is 13.3. The second-order valence-corrected chi connectivity index (χ2v) is 6.91. The minimum atomic E-state index is -3.19. The molecule has 2 N–H and O–H groups in total. The summed E-state index contributed by atoms with van der Waals surface area (Å²) in [6.45, 7) is 12.6. The third-order valence-electron chi connectivity index (χ3n) is 3.01. The van der Waals surface area contributed by atoms with Crippen molar-refractivity contribution >= 4 is 9.05 Å². The predicted molar refractivity (Wildman–Crippen MR) is 90.9 cm³/mol. The first-order chi connectivity index (χ1) is 11.1. The van der Waals surface area contributed by atoms with E-state index in [-0.39, 0.29) is 6.61 Å². The molecule has 0 saturated heterocycles. The normalized spacial score (nSPS) is 12.8. The lowest BCUT2D eigenvalue weighted by Crippen LogP contribution is -2.53. The van der Waals surface area contributed by atoms with Crippen LogP contribution in [-0.4, -0.2) is 61.0 Å². The van der Waals surface area contributed by atoms with E-state index in [0.29, 0.717) is 46.0 Å². The van der Waals surface area contributed by atoms with Gasteiger partial charge in [-0.25, -0.2) is 0 Å². The van der Waals surface area contributed by atoms with Gasteiger partial charge < -0.3 is 32.9 Å². The smallest absolute Gasteiger partial charge is 0.351 e. The van der Waals surface area contributed by atoms with E-state index in [0.717, 1.165) is 6.42 Å². The van der Waals surface area contributed by atoms with Crippen LogP contribution in [0, 0.1) is 0 Å². The molecule has 0 bridgehead atoms. The fourth-order valence-electron chi connectivity index (χ4n) is 2.22. The van der Waals surface area contributed by atoms with Crippen LogP contribution in [0.4, 0.5) is 0 Å². The zero-order valence-electron chi connectivity index (χ0n) is 15.4. The van der Waals surface area contributed by atoms with Crippen molar-refractivity contribution in [3.8, 4) is 0 Å². The molecular weight excluding hydrogens is 318 g/mol. The van der Waals surface area contributed by atoms with Gasteiger partial charge >= 0.3 is 9.05 Å². The molecule has 0 aliphatic heterocycles. The Morgan fingerprint density at radius 3 is 1.57 bits per heavy atom. The SMILES string of the molecule is CCOC(CCCN)(CO[Si](OCC)(OCC)OCC)OCC. The molecule has 0 amide bonds. The van der Waals surface area contributed by atoms with Crippen LogP contribution in [-0.2, 0) is 27.2 Å². The quantitative estimate of drug-likeness (QED) is 0.336. The molecule has 0 fully saturated rings. The second-order valence-electron chi connectivity index (χ2n) is 4.76. The van der Waals surface area contributed by atoms with E-state index in [2.05, 4.69) is 0 Å². The predicted octanol–water partition coefficient (Wildman–Crippen LogP) is 2.06. The standard InChI is InChI=1S/C15H35NO6Si/c1-6-17-15(18-7-2,12-11-13-16)14-22-23(19-8-3,20-9-4)21-10-5/h6-14,16H2,1-5H3. The van der Waals surface area contributed by atoms with Crippen LogP contribution >= 0.6 is 0 Å². The molecule has 0 heterocycles. The fraction of sp³-hybridized carbons (Fsp3) is 1.00. The van der Waals surface area contributed by atoms with Gasteiger partial charge in [-0.1, -0.05) is 0 Å². The summed E-state index contributed by atoms with van der Waals surface area (Å²) < 4.78 is 34.8. The lowest BCUT2D eigenvalue weighted by Gasteiger charge is -2.36. The molecule has 0 aromatic heterocycles. The number of hydrogen-bond acceptors (Lipinski definition) is 7. The minimum absolute atomic E-state index is 0.181. The summed E-state index contributed by atoms with van der Waals surface area (Å²) in [4.78, 5) is 0. The lowest BCUT2D eigenvalue weighted by atomic mass is 10.1. The topological polar surface area (TPSA) is 81.4 Å². The summed E-state index contributed by atoms with van der Waals surface area (Å²) in [5, 5.41) is 0. The van der Waals surface area contributed by atoms with E-state index in [9.17, 15) is 0 Å². The zero-order chi connectivity index (χ0) is 17.6. The Labute approximate surface area is 142 Å². The van der Waals surface area contributed by atoms with Crippen molar-refractivity contribution in [3.05, 3.63) is 0 Å². The van der Waals surface area contributed by atoms with Crippen molar-refractivity contribution in [3.63, 3.8) is 0 Å². The molecule has 0 aromatic rings. The molecule has 0 unspecified atom stereocenters. The Morgan fingerprint density at radius 1 is 0.739 bits per heavy atom. The van der Waals surface area contributed by atoms with Crippen molar-refractivity contribution in [1.29, 1.82) is 0 Å². The van der Waals surface area contributed by atoms with E-state index in [4.69, 9.17) is 32.9 Å². The van der Waals surface area contributed by atoms with E-state index in [1.807, 2.05) is 34.6 Å². The average molecular weight is 354 g/mol. The van der Waals surface area contributed by atoms with Crippen LogP contribution in [0.5, 0.6) is 0 Å². The first-order valence-corrected chi connectivity index (χ1v) is 10.2. The number of ether oxygens (including phenoxy) is 2. The van der Waals surface area contributed by atoms with Crippen molar-refractivity contribution in [2.75, 3.05) is 46.2 Å². The summed E-state index contributed by atoms with van der Waals surface area (Å²) in [6.07, 6.45) is 1.41. The maximum atomic E-state index is 6.00. The number of rotatable bonds is 16. The Bertz CT molecular complexity index is 260. The molecule has 0 rings (SSSR count). The first kappa shape index (κ1) is 22.9. The van der Waals surface area contributed by atoms with E-state index >= 15 is 0 Å². The van der Waals surface area contributed by atoms with Gasteiger partial charge in [-0.2, -0.15) is 0 Å². The molecular formula is C15H35NO6Si. The van der Waals surface area contributed by atoms with Crippen LogP contribution in [0.1, 0.15) is 47.5 Å². The van der Waals surface area contributed by atoms with Gasteiger partial charge in [0.05, 0.1) is 6.61 Å². The molecule has 23 heavy (non-hydrogen) atoms. The number of nitrogens with two attached hydrogens (primary N) is 1. The highest BCUT2D eigenvalue weighted by Crippen LogP contribution is 2.24. The Kier molecular flexibility index (Phi) is 13.2. The molecule has 0 aromatic carbocycles. The van der Waals surface area contributed by atoms with Crippen LogP contribution < -0.4 is 5.73 Å². The Morgan fingerprint density at radius 2 is 1.22 bits per heavy atom. The highest BCUT2D eigenvalue weighted by Gasteiger charge is 2.47. The Balaban J connectivity index is 5.09. The molecule has 0 aliphatic rings. The monoisotopic (exact) mass is 353 g/mol. The van der Waals surface area contributed by atoms with Crippen molar-refractivity contribution < 1.29 is 27.2 Å². The van der Waals surface area contributed by atoms with Crippen molar-refractivity contribution in [1.82, 2.24) is 0 Å². The van der Waals surface area contributed by atoms with Gasteiger partial charge in [-0.05, 0) is 47.6 Å². The summed E-state index contributed by atoms with van der Waals surface area (Å²) in [6, 6.07) is 0. The molecule has 0 saturated carbocycles. The molecule has 140 valence electrons. The fourth-order valence-corrected chi connectivity index (χ4v) is 4.18. The minimum Gasteiger partial charge on any atom is -0.351 e. The maximum Gasteiger partial charge on any atom is 0.679 e. The van der Waals surface area contributed by atoms with Crippen LogP contribution in [0.15, 0.2) is 0 Å².